The van der Waals surface area contributed by atoms with E-state index < -0.39 is 0 Å². The van der Waals surface area contributed by atoms with Gasteiger partial charge in [-0.25, -0.2) is 9.97 Å². The molecule has 136 valence electrons. The van der Waals surface area contributed by atoms with Crippen LogP contribution in [0, 0.1) is 0 Å². The van der Waals surface area contributed by atoms with Crippen LogP contribution in [0.15, 0.2) is 23.3 Å². The summed E-state index contributed by atoms with van der Waals surface area (Å²) in [6.07, 6.45) is 6.00. The topological polar surface area (TPSA) is 80.3 Å². The Hall–Kier alpha value is -2.22. The van der Waals surface area contributed by atoms with Crippen LogP contribution in [0.2, 0.25) is 0 Å². The number of aromatic nitrogens is 4. The Morgan fingerprint density at radius 3 is 2.92 bits per heavy atom. The molecule has 3 rings (SSSR count). The number of likely N-dealkylation sites (tertiary alicyclic amines) is 1. The Balaban J connectivity index is 1.56. The zero-order valence-electron chi connectivity index (χ0n) is 15.1. The fourth-order valence-electron chi connectivity index (χ4n) is 3.17. The molecule has 3 heterocycles. The zero-order chi connectivity index (χ0) is 17.8. The largest absolute Gasteiger partial charge is 0.444 e. The lowest BCUT2D eigenvalue weighted by molar-refractivity contribution is -0.132. The zero-order valence-corrected chi connectivity index (χ0v) is 15.1. The van der Waals surface area contributed by atoms with Gasteiger partial charge in [-0.3, -0.25) is 14.4 Å². The van der Waals surface area contributed by atoms with Crippen LogP contribution in [0.4, 0.5) is 0 Å². The van der Waals surface area contributed by atoms with Crippen LogP contribution in [0.3, 0.4) is 0 Å². The smallest absolute Gasteiger partial charge is 0.220 e. The molecular weight excluding hydrogens is 320 g/mol. The minimum atomic E-state index is 0.0624. The summed E-state index contributed by atoms with van der Waals surface area (Å²) in [7, 11) is 0. The molecule has 1 saturated heterocycles. The van der Waals surface area contributed by atoms with Gasteiger partial charge in [0, 0.05) is 38.5 Å². The highest BCUT2D eigenvalue weighted by Gasteiger charge is 2.30. The van der Waals surface area contributed by atoms with E-state index in [0.29, 0.717) is 18.4 Å². The van der Waals surface area contributed by atoms with E-state index in [1.54, 1.807) is 25.8 Å². The molecule has 1 aliphatic rings. The van der Waals surface area contributed by atoms with Crippen molar-refractivity contribution in [3.05, 3.63) is 30.5 Å². The number of hydrogen-bond donors (Lipinski definition) is 0. The van der Waals surface area contributed by atoms with Gasteiger partial charge in [0.05, 0.1) is 19.3 Å². The normalized spacial score (nSPS) is 18.2. The number of amides is 1. The fraction of sp³-hybridized carbons (Fsp3) is 0.647. The fourth-order valence-corrected chi connectivity index (χ4v) is 3.17. The van der Waals surface area contributed by atoms with Gasteiger partial charge in [0.2, 0.25) is 11.8 Å². The van der Waals surface area contributed by atoms with Crippen LogP contribution in [0.5, 0.6) is 0 Å². The number of rotatable bonds is 7. The Kier molecular flexibility index (Phi) is 5.47. The van der Waals surface area contributed by atoms with E-state index in [1.165, 1.54) is 0 Å². The molecule has 0 saturated carbocycles. The van der Waals surface area contributed by atoms with Gasteiger partial charge in [0.1, 0.15) is 18.4 Å². The molecule has 8 nitrogen and oxygen atoms in total. The highest BCUT2D eigenvalue weighted by Crippen LogP contribution is 2.20. The minimum absolute atomic E-state index is 0.0624. The number of carbonyl (C=O) groups excluding carboxylic acids is 1. The standard InChI is InChI=1S/C17H26N6O2/c1-13(2)16-8-19-17(25-16)10-23(14(3)24)15-4-5-21(9-15)6-7-22-12-18-11-20-22/h8,11-13,15H,4-7,9-10H2,1-3H3/t15-/m0/s1. The first kappa shape index (κ1) is 17.6. The van der Waals surface area contributed by atoms with Crippen LogP contribution in [-0.2, 0) is 17.9 Å². The highest BCUT2D eigenvalue weighted by atomic mass is 16.4. The SMILES string of the molecule is CC(=O)N(Cc1ncc(C(C)C)o1)[C@H]1CCN(CCn2cncn2)C1. The average Bonchev–Trinajstić information content (AvgIpc) is 3.31. The van der Waals surface area contributed by atoms with Crippen LogP contribution in [0.25, 0.3) is 0 Å². The first-order valence-electron chi connectivity index (χ1n) is 8.79. The third kappa shape index (κ3) is 4.45. The van der Waals surface area contributed by atoms with Crippen molar-refractivity contribution in [1.82, 2.24) is 29.5 Å². The van der Waals surface area contributed by atoms with Crippen LogP contribution in [0.1, 0.15) is 44.8 Å². The second kappa shape index (κ2) is 7.77. The monoisotopic (exact) mass is 346 g/mol. The first-order chi connectivity index (χ1) is 12.0. The van der Waals surface area contributed by atoms with Crippen molar-refractivity contribution in [3.63, 3.8) is 0 Å². The summed E-state index contributed by atoms with van der Waals surface area (Å²) >= 11 is 0. The molecule has 0 aromatic carbocycles. The number of carbonyl (C=O) groups is 1. The van der Waals surface area contributed by atoms with Crippen LogP contribution in [-0.4, -0.2) is 61.1 Å². The highest BCUT2D eigenvalue weighted by molar-refractivity contribution is 5.73. The van der Waals surface area contributed by atoms with Crippen molar-refractivity contribution in [1.29, 1.82) is 0 Å². The van der Waals surface area contributed by atoms with Gasteiger partial charge in [-0.1, -0.05) is 13.8 Å². The van der Waals surface area contributed by atoms with Gasteiger partial charge in [-0.05, 0) is 6.42 Å². The lowest BCUT2D eigenvalue weighted by Crippen LogP contribution is -2.40. The molecule has 1 atom stereocenters. The molecule has 0 aliphatic carbocycles. The van der Waals surface area contributed by atoms with E-state index in [1.807, 2.05) is 9.58 Å². The Labute approximate surface area is 147 Å². The lowest BCUT2D eigenvalue weighted by Gasteiger charge is -2.27. The second-order valence-electron chi connectivity index (χ2n) is 6.86. The molecule has 8 heteroatoms. The van der Waals surface area contributed by atoms with E-state index in [2.05, 4.69) is 33.8 Å². The van der Waals surface area contributed by atoms with Crippen molar-refractivity contribution in [3.8, 4) is 0 Å². The third-order valence-electron chi connectivity index (χ3n) is 4.65. The van der Waals surface area contributed by atoms with E-state index in [9.17, 15) is 4.79 Å². The maximum absolute atomic E-state index is 12.1. The van der Waals surface area contributed by atoms with Crippen molar-refractivity contribution in [2.24, 2.45) is 0 Å². The lowest BCUT2D eigenvalue weighted by atomic mass is 10.2. The van der Waals surface area contributed by atoms with Crippen molar-refractivity contribution < 1.29 is 9.21 Å². The van der Waals surface area contributed by atoms with Crippen LogP contribution >= 0.6 is 0 Å². The van der Waals surface area contributed by atoms with E-state index in [0.717, 1.165) is 38.4 Å². The predicted octanol–water partition coefficient (Wildman–Crippen LogP) is 1.51. The third-order valence-corrected chi connectivity index (χ3v) is 4.65. The summed E-state index contributed by atoms with van der Waals surface area (Å²) in [5.74, 6) is 1.83. The van der Waals surface area contributed by atoms with Crippen molar-refractivity contribution >= 4 is 5.91 Å². The summed E-state index contributed by atoms with van der Waals surface area (Å²) < 4.78 is 7.60. The molecule has 0 bridgehead atoms. The molecule has 1 fully saturated rings. The summed E-state index contributed by atoms with van der Waals surface area (Å²) in [5.41, 5.74) is 0. The van der Waals surface area contributed by atoms with Gasteiger partial charge in [0.25, 0.3) is 0 Å². The molecule has 1 aliphatic heterocycles. The first-order valence-corrected chi connectivity index (χ1v) is 8.79. The summed E-state index contributed by atoms with van der Waals surface area (Å²) in [6, 6.07) is 0.197. The molecule has 2 aromatic rings. The van der Waals surface area contributed by atoms with E-state index in [-0.39, 0.29) is 11.9 Å². The number of hydrogen-bond acceptors (Lipinski definition) is 6. The summed E-state index contributed by atoms with van der Waals surface area (Å²) in [6.45, 7) is 9.74. The summed E-state index contributed by atoms with van der Waals surface area (Å²) in [5, 5.41) is 4.13. The number of nitrogens with zero attached hydrogens (tertiary/aromatic N) is 6. The second-order valence-corrected chi connectivity index (χ2v) is 6.86. The number of oxazole rings is 1. The van der Waals surface area contributed by atoms with Gasteiger partial charge >= 0.3 is 0 Å². The van der Waals surface area contributed by atoms with E-state index in [4.69, 9.17) is 4.42 Å². The maximum Gasteiger partial charge on any atom is 0.220 e. The van der Waals surface area contributed by atoms with Gasteiger partial charge in [-0.15, -0.1) is 0 Å². The summed E-state index contributed by atoms with van der Waals surface area (Å²) in [4.78, 5) is 24.7. The van der Waals surface area contributed by atoms with Crippen molar-refractivity contribution in [2.75, 3.05) is 19.6 Å². The molecule has 0 radical (unpaired) electrons. The van der Waals surface area contributed by atoms with Gasteiger partial charge in [-0.2, -0.15) is 5.10 Å². The molecular formula is C17H26N6O2. The average molecular weight is 346 g/mol. The minimum Gasteiger partial charge on any atom is -0.444 e. The quantitative estimate of drug-likeness (QED) is 0.756. The molecule has 0 N–H and O–H groups in total. The van der Waals surface area contributed by atoms with Crippen LogP contribution < -0.4 is 0 Å². The van der Waals surface area contributed by atoms with Crippen molar-refractivity contribution in [2.45, 2.75) is 52.2 Å². The van der Waals surface area contributed by atoms with E-state index >= 15 is 0 Å². The Morgan fingerprint density at radius 1 is 1.44 bits per heavy atom. The predicted molar refractivity (Wildman–Crippen MR) is 91.7 cm³/mol. The Bertz CT molecular complexity index is 681. The Morgan fingerprint density at radius 2 is 2.28 bits per heavy atom. The molecule has 0 unspecified atom stereocenters. The molecule has 1 amide bonds. The molecule has 0 spiro atoms. The maximum atomic E-state index is 12.1. The van der Waals surface area contributed by atoms with Gasteiger partial charge < -0.3 is 9.32 Å². The van der Waals surface area contributed by atoms with Gasteiger partial charge in [0.15, 0.2) is 0 Å². The molecule has 25 heavy (non-hydrogen) atoms. The molecule has 2 aromatic heterocycles.